The minimum absolute atomic E-state index is 0.0248. The molecule has 5 heteroatoms. The molecule has 0 bridgehead atoms. The molecular formula is C18H20N2O2S. The molecule has 1 atom stereocenters. The SMILES string of the molecule is CS(=O)c1cccc(C(=O)N2CCC(c3ccccn3)CC2)c1. The minimum atomic E-state index is -1.07. The number of hydrogen-bond acceptors (Lipinski definition) is 3. The maximum Gasteiger partial charge on any atom is 0.253 e. The maximum absolute atomic E-state index is 12.6. The van der Waals surface area contributed by atoms with Crippen LogP contribution in [0.1, 0.15) is 34.8 Å². The molecule has 1 aromatic heterocycles. The van der Waals surface area contributed by atoms with Crippen LogP contribution in [0.3, 0.4) is 0 Å². The molecule has 1 aliphatic rings. The van der Waals surface area contributed by atoms with Gasteiger partial charge in [-0.15, -0.1) is 0 Å². The molecule has 0 spiro atoms. The van der Waals surface area contributed by atoms with E-state index in [1.54, 1.807) is 30.5 Å². The van der Waals surface area contributed by atoms with E-state index in [9.17, 15) is 9.00 Å². The Bertz CT molecular complexity index is 710. The minimum Gasteiger partial charge on any atom is -0.339 e. The molecule has 0 radical (unpaired) electrons. The van der Waals surface area contributed by atoms with Crippen molar-refractivity contribution < 1.29 is 9.00 Å². The number of piperidine rings is 1. The Labute approximate surface area is 139 Å². The highest BCUT2D eigenvalue weighted by molar-refractivity contribution is 7.84. The number of likely N-dealkylation sites (tertiary alicyclic amines) is 1. The van der Waals surface area contributed by atoms with Gasteiger partial charge >= 0.3 is 0 Å². The summed E-state index contributed by atoms with van der Waals surface area (Å²) in [4.78, 5) is 19.6. The molecule has 0 saturated carbocycles. The predicted octanol–water partition coefficient (Wildman–Crippen LogP) is 2.84. The first-order chi connectivity index (χ1) is 11.1. The molecule has 120 valence electrons. The van der Waals surface area contributed by atoms with Gasteiger partial charge in [0, 0.05) is 58.4 Å². The lowest BCUT2D eigenvalue weighted by molar-refractivity contribution is 0.0712. The smallest absolute Gasteiger partial charge is 0.253 e. The Morgan fingerprint density at radius 2 is 1.96 bits per heavy atom. The summed E-state index contributed by atoms with van der Waals surface area (Å²) in [6.07, 6.45) is 5.31. The number of hydrogen-bond donors (Lipinski definition) is 0. The summed E-state index contributed by atoms with van der Waals surface area (Å²) < 4.78 is 11.6. The third-order valence-corrected chi connectivity index (χ3v) is 5.22. The van der Waals surface area contributed by atoms with E-state index >= 15 is 0 Å². The topological polar surface area (TPSA) is 50.3 Å². The number of nitrogens with zero attached hydrogens (tertiary/aromatic N) is 2. The summed E-state index contributed by atoms with van der Waals surface area (Å²) in [7, 11) is -1.07. The lowest BCUT2D eigenvalue weighted by atomic mass is 9.93. The van der Waals surface area contributed by atoms with E-state index < -0.39 is 10.8 Å². The predicted molar refractivity (Wildman–Crippen MR) is 90.9 cm³/mol. The van der Waals surface area contributed by atoms with Crippen molar-refractivity contribution in [1.29, 1.82) is 0 Å². The number of rotatable bonds is 3. The van der Waals surface area contributed by atoms with Crippen molar-refractivity contribution in [3.63, 3.8) is 0 Å². The molecule has 1 fully saturated rings. The molecular weight excluding hydrogens is 308 g/mol. The first kappa shape index (κ1) is 15.9. The lowest BCUT2D eigenvalue weighted by Gasteiger charge is -2.31. The molecule has 1 amide bonds. The van der Waals surface area contributed by atoms with Crippen LogP contribution >= 0.6 is 0 Å². The maximum atomic E-state index is 12.6. The second-order valence-electron chi connectivity index (χ2n) is 5.80. The molecule has 1 aromatic carbocycles. The molecule has 0 aliphatic carbocycles. The molecule has 1 aliphatic heterocycles. The van der Waals surface area contributed by atoms with Crippen LogP contribution in [0.25, 0.3) is 0 Å². The molecule has 2 heterocycles. The highest BCUT2D eigenvalue weighted by Gasteiger charge is 2.25. The van der Waals surface area contributed by atoms with Crippen molar-refractivity contribution in [2.45, 2.75) is 23.7 Å². The van der Waals surface area contributed by atoms with Crippen LogP contribution in [-0.2, 0) is 10.8 Å². The molecule has 3 rings (SSSR count). The number of benzene rings is 1. The monoisotopic (exact) mass is 328 g/mol. The van der Waals surface area contributed by atoms with Crippen LogP contribution in [0, 0.1) is 0 Å². The summed E-state index contributed by atoms with van der Waals surface area (Å²) in [6.45, 7) is 1.47. The van der Waals surface area contributed by atoms with Gasteiger partial charge in [0.1, 0.15) is 0 Å². The van der Waals surface area contributed by atoms with Crippen LogP contribution in [0.4, 0.5) is 0 Å². The van der Waals surface area contributed by atoms with E-state index in [0.717, 1.165) is 31.6 Å². The van der Waals surface area contributed by atoms with Gasteiger partial charge in [0.2, 0.25) is 0 Å². The molecule has 0 N–H and O–H groups in total. The largest absolute Gasteiger partial charge is 0.339 e. The Morgan fingerprint density at radius 1 is 1.17 bits per heavy atom. The van der Waals surface area contributed by atoms with Gasteiger partial charge in [-0.3, -0.25) is 14.0 Å². The zero-order valence-electron chi connectivity index (χ0n) is 13.1. The van der Waals surface area contributed by atoms with E-state index in [2.05, 4.69) is 11.1 Å². The highest BCUT2D eigenvalue weighted by Crippen LogP contribution is 2.27. The van der Waals surface area contributed by atoms with E-state index in [1.165, 1.54) is 0 Å². The number of pyridine rings is 1. The van der Waals surface area contributed by atoms with Crippen molar-refractivity contribution in [2.75, 3.05) is 19.3 Å². The number of amides is 1. The van der Waals surface area contributed by atoms with Crippen LogP contribution in [-0.4, -0.2) is 39.3 Å². The van der Waals surface area contributed by atoms with Gasteiger partial charge in [0.05, 0.1) is 0 Å². The fraction of sp³-hybridized carbons (Fsp3) is 0.333. The van der Waals surface area contributed by atoms with Gasteiger partial charge in [0.15, 0.2) is 0 Å². The van der Waals surface area contributed by atoms with Crippen LogP contribution in [0.2, 0.25) is 0 Å². The summed E-state index contributed by atoms with van der Waals surface area (Å²) in [5, 5.41) is 0. The van der Waals surface area contributed by atoms with Crippen molar-refractivity contribution in [1.82, 2.24) is 9.88 Å². The Morgan fingerprint density at radius 3 is 2.61 bits per heavy atom. The van der Waals surface area contributed by atoms with Crippen molar-refractivity contribution in [3.05, 3.63) is 59.9 Å². The summed E-state index contributed by atoms with van der Waals surface area (Å²) in [5.74, 6) is 0.450. The molecule has 2 aromatic rings. The molecule has 1 saturated heterocycles. The molecule has 4 nitrogen and oxygen atoms in total. The zero-order chi connectivity index (χ0) is 16.2. The van der Waals surface area contributed by atoms with Crippen LogP contribution < -0.4 is 0 Å². The van der Waals surface area contributed by atoms with Crippen LogP contribution in [0.5, 0.6) is 0 Å². The van der Waals surface area contributed by atoms with Gasteiger partial charge in [-0.25, -0.2) is 0 Å². The number of aromatic nitrogens is 1. The summed E-state index contributed by atoms with van der Waals surface area (Å²) in [6, 6.07) is 13.1. The van der Waals surface area contributed by atoms with E-state index in [1.807, 2.05) is 23.2 Å². The lowest BCUT2D eigenvalue weighted by Crippen LogP contribution is -2.38. The first-order valence-corrected chi connectivity index (χ1v) is 9.34. The van der Waals surface area contributed by atoms with Crippen LogP contribution in [0.15, 0.2) is 53.6 Å². The van der Waals surface area contributed by atoms with E-state index in [-0.39, 0.29) is 5.91 Å². The number of carbonyl (C=O) groups excluding carboxylic acids is 1. The van der Waals surface area contributed by atoms with E-state index in [0.29, 0.717) is 16.4 Å². The standard InChI is InChI=1S/C18H20N2O2S/c1-23(22)16-6-4-5-15(13-16)18(21)20-11-8-14(9-12-20)17-7-2-3-10-19-17/h2-7,10,13-14H,8-9,11-12H2,1H3. The second kappa shape index (κ2) is 7.04. The average molecular weight is 328 g/mol. The van der Waals surface area contributed by atoms with Crippen molar-refractivity contribution in [3.8, 4) is 0 Å². The van der Waals surface area contributed by atoms with Gasteiger partial charge in [-0.05, 0) is 43.2 Å². The fourth-order valence-corrected chi connectivity index (χ4v) is 3.55. The number of carbonyl (C=O) groups is 1. The average Bonchev–Trinajstić information content (AvgIpc) is 2.62. The van der Waals surface area contributed by atoms with Crippen molar-refractivity contribution >= 4 is 16.7 Å². The third-order valence-electron chi connectivity index (χ3n) is 4.30. The quantitative estimate of drug-likeness (QED) is 0.870. The zero-order valence-corrected chi connectivity index (χ0v) is 14.0. The third kappa shape index (κ3) is 3.67. The van der Waals surface area contributed by atoms with E-state index in [4.69, 9.17) is 0 Å². The molecule has 1 unspecified atom stereocenters. The Hall–Kier alpha value is -2.01. The summed E-state index contributed by atoms with van der Waals surface area (Å²) >= 11 is 0. The first-order valence-electron chi connectivity index (χ1n) is 7.79. The fourth-order valence-electron chi connectivity index (χ4n) is 2.99. The van der Waals surface area contributed by atoms with Gasteiger partial charge in [-0.1, -0.05) is 12.1 Å². The van der Waals surface area contributed by atoms with Gasteiger partial charge < -0.3 is 4.90 Å². The molecule has 23 heavy (non-hydrogen) atoms. The van der Waals surface area contributed by atoms with Crippen molar-refractivity contribution in [2.24, 2.45) is 0 Å². The second-order valence-corrected chi connectivity index (χ2v) is 7.18. The summed E-state index contributed by atoms with van der Waals surface area (Å²) in [5.41, 5.74) is 1.73. The van der Waals surface area contributed by atoms with Gasteiger partial charge in [-0.2, -0.15) is 0 Å². The van der Waals surface area contributed by atoms with Gasteiger partial charge in [0.25, 0.3) is 5.91 Å². The Balaban J connectivity index is 1.66. The highest BCUT2D eigenvalue weighted by atomic mass is 32.2. The normalized spacial score (nSPS) is 17.0. The Kier molecular flexibility index (Phi) is 4.86.